The molecule has 0 saturated carbocycles. The number of likely N-dealkylation sites (N-methyl/N-ethyl adjacent to an activating group) is 1. The van der Waals surface area contributed by atoms with Crippen LogP contribution in [0.25, 0.3) is 0 Å². The van der Waals surface area contributed by atoms with Gasteiger partial charge in [-0.05, 0) is 13.8 Å². The standard InChI is InChI=1S/C13H24N6O/c1-6-19(5)13(20)9(4)15-10-7-11(18-14)17-12(16-10)8(2)3/h7-9H,6,14H2,1-5H3,(H2,15,16,17,18). The molecule has 0 aromatic carbocycles. The minimum absolute atomic E-state index is 0.0134. The molecule has 0 fully saturated rings. The van der Waals surface area contributed by atoms with Crippen molar-refractivity contribution in [1.82, 2.24) is 14.9 Å². The number of nitrogens with zero attached hydrogens (tertiary/aromatic N) is 3. The molecule has 1 aromatic heterocycles. The van der Waals surface area contributed by atoms with Gasteiger partial charge in [0.15, 0.2) is 0 Å². The Hall–Kier alpha value is -1.89. The van der Waals surface area contributed by atoms with E-state index in [0.29, 0.717) is 24.0 Å². The van der Waals surface area contributed by atoms with Gasteiger partial charge in [0.1, 0.15) is 23.5 Å². The van der Waals surface area contributed by atoms with Gasteiger partial charge < -0.3 is 15.6 Å². The lowest BCUT2D eigenvalue weighted by Gasteiger charge is -2.21. The Kier molecular flexibility index (Phi) is 5.69. The number of nitrogens with two attached hydrogens (primary N) is 1. The molecule has 112 valence electrons. The summed E-state index contributed by atoms with van der Waals surface area (Å²) in [5.74, 6) is 7.37. The molecular formula is C13H24N6O. The number of rotatable bonds is 6. The second-order valence-electron chi connectivity index (χ2n) is 5.01. The van der Waals surface area contributed by atoms with Crippen molar-refractivity contribution < 1.29 is 4.79 Å². The molecule has 1 unspecified atom stereocenters. The highest BCUT2D eigenvalue weighted by atomic mass is 16.2. The highest BCUT2D eigenvalue weighted by Gasteiger charge is 2.17. The van der Waals surface area contributed by atoms with Gasteiger partial charge in [-0.2, -0.15) is 0 Å². The molecule has 7 heteroatoms. The van der Waals surface area contributed by atoms with E-state index in [1.54, 1.807) is 24.9 Å². The molecule has 1 rings (SSSR count). The number of hydrogen-bond donors (Lipinski definition) is 3. The summed E-state index contributed by atoms with van der Waals surface area (Å²) in [4.78, 5) is 22.4. The molecule has 1 atom stereocenters. The van der Waals surface area contributed by atoms with Crippen molar-refractivity contribution in [3.05, 3.63) is 11.9 Å². The number of carbonyl (C=O) groups is 1. The third-order valence-corrected chi connectivity index (χ3v) is 2.99. The fourth-order valence-electron chi connectivity index (χ4n) is 1.64. The molecule has 0 bridgehead atoms. The van der Waals surface area contributed by atoms with E-state index >= 15 is 0 Å². The van der Waals surface area contributed by atoms with Gasteiger partial charge in [0.25, 0.3) is 0 Å². The largest absolute Gasteiger partial charge is 0.358 e. The lowest BCUT2D eigenvalue weighted by molar-refractivity contribution is -0.130. The Morgan fingerprint density at radius 1 is 1.35 bits per heavy atom. The summed E-state index contributed by atoms with van der Waals surface area (Å²) in [6.07, 6.45) is 0. The Labute approximate surface area is 119 Å². The van der Waals surface area contributed by atoms with E-state index in [2.05, 4.69) is 20.7 Å². The Bertz CT molecular complexity index is 462. The summed E-state index contributed by atoms with van der Waals surface area (Å²) in [5.41, 5.74) is 2.51. The van der Waals surface area contributed by atoms with Crippen LogP contribution in [-0.4, -0.2) is 40.4 Å². The minimum atomic E-state index is -0.361. The molecule has 0 radical (unpaired) electrons. The van der Waals surface area contributed by atoms with Gasteiger partial charge in [0, 0.05) is 25.6 Å². The smallest absolute Gasteiger partial charge is 0.244 e. The summed E-state index contributed by atoms with van der Waals surface area (Å²) in [6.45, 7) is 8.41. The van der Waals surface area contributed by atoms with Gasteiger partial charge in [0.05, 0.1) is 0 Å². The fraction of sp³-hybridized carbons (Fsp3) is 0.615. The molecule has 7 nitrogen and oxygen atoms in total. The first-order valence-corrected chi connectivity index (χ1v) is 6.76. The van der Waals surface area contributed by atoms with Crippen molar-refractivity contribution >= 4 is 17.5 Å². The van der Waals surface area contributed by atoms with Crippen LogP contribution in [0.15, 0.2) is 6.07 Å². The predicted molar refractivity (Wildman–Crippen MR) is 80.3 cm³/mol. The molecular weight excluding hydrogens is 256 g/mol. The molecule has 0 saturated heterocycles. The van der Waals surface area contributed by atoms with E-state index in [0.717, 1.165) is 0 Å². The maximum absolute atomic E-state index is 12.0. The highest BCUT2D eigenvalue weighted by Crippen LogP contribution is 2.17. The number of carbonyl (C=O) groups excluding carboxylic acids is 1. The Balaban J connectivity index is 2.91. The average Bonchev–Trinajstić information content (AvgIpc) is 2.44. The zero-order valence-electron chi connectivity index (χ0n) is 12.8. The molecule has 1 amide bonds. The fourth-order valence-corrected chi connectivity index (χ4v) is 1.64. The lowest BCUT2D eigenvalue weighted by Crippen LogP contribution is -2.39. The Morgan fingerprint density at radius 2 is 1.95 bits per heavy atom. The lowest BCUT2D eigenvalue weighted by atomic mass is 10.2. The number of anilines is 2. The predicted octanol–water partition coefficient (Wildman–Crippen LogP) is 1.16. The van der Waals surface area contributed by atoms with Gasteiger partial charge in [-0.3, -0.25) is 4.79 Å². The molecule has 0 aliphatic heterocycles. The number of aromatic nitrogens is 2. The third-order valence-electron chi connectivity index (χ3n) is 2.99. The van der Waals surface area contributed by atoms with Crippen LogP contribution in [0.1, 0.15) is 39.4 Å². The molecule has 0 aliphatic rings. The SMILES string of the molecule is CCN(C)C(=O)C(C)Nc1cc(NN)nc(C(C)C)n1. The number of amides is 1. The zero-order chi connectivity index (χ0) is 15.3. The van der Waals surface area contributed by atoms with E-state index in [1.165, 1.54) is 0 Å². The van der Waals surface area contributed by atoms with Gasteiger partial charge in [-0.1, -0.05) is 13.8 Å². The average molecular weight is 280 g/mol. The number of hydrogen-bond acceptors (Lipinski definition) is 6. The van der Waals surface area contributed by atoms with Crippen LogP contribution < -0.4 is 16.6 Å². The van der Waals surface area contributed by atoms with Crippen molar-refractivity contribution in [1.29, 1.82) is 0 Å². The molecule has 1 aromatic rings. The maximum Gasteiger partial charge on any atom is 0.244 e. The van der Waals surface area contributed by atoms with Crippen molar-refractivity contribution in [3.63, 3.8) is 0 Å². The van der Waals surface area contributed by atoms with E-state index in [-0.39, 0.29) is 17.9 Å². The van der Waals surface area contributed by atoms with Crippen LogP contribution >= 0.6 is 0 Å². The van der Waals surface area contributed by atoms with Gasteiger partial charge in [-0.15, -0.1) is 0 Å². The van der Waals surface area contributed by atoms with Crippen molar-refractivity contribution in [2.24, 2.45) is 5.84 Å². The van der Waals surface area contributed by atoms with Crippen LogP contribution in [0.3, 0.4) is 0 Å². The monoisotopic (exact) mass is 280 g/mol. The molecule has 20 heavy (non-hydrogen) atoms. The first-order valence-electron chi connectivity index (χ1n) is 6.76. The van der Waals surface area contributed by atoms with E-state index in [9.17, 15) is 4.79 Å². The van der Waals surface area contributed by atoms with Gasteiger partial charge in [-0.25, -0.2) is 15.8 Å². The highest BCUT2D eigenvalue weighted by molar-refractivity contribution is 5.83. The molecule has 4 N–H and O–H groups in total. The molecule has 0 spiro atoms. The van der Waals surface area contributed by atoms with Crippen LogP contribution in [-0.2, 0) is 4.79 Å². The first kappa shape index (κ1) is 16.2. The maximum atomic E-state index is 12.0. The topological polar surface area (TPSA) is 96.2 Å². The third kappa shape index (κ3) is 4.06. The van der Waals surface area contributed by atoms with Crippen LogP contribution in [0.2, 0.25) is 0 Å². The summed E-state index contributed by atoms with van der Waals surface area (Å²) < 4.78 is 0. The van der Waals surface area contributed by atoms with Crippen LogP contribution in [0.5, 0.6) is 0 Å². The molecule has 0 aliphatic carbocycles. The summed E-state index contributed by atoms with van der Waals surface area (Å²) in [5, 5.41) is 3.09. The van der Waals surface area contributed by atoms with Crippen molar-refractivity contribution in [2.75, 3.05) is 24.3 Å². The second-order valence-corrected chi connectivity index (χ2v) is 5.01. The summed E-state index contributed by atoms with van der Waals surface area (Å²) in [6, 6.07) is 1.32. The number of nitrogens with one attached hydrogen (secondary N) is 2. The quantitative estimate of drug-likeness (QED) is 0.534. The molecule has 1 heterocycles. The minimum Gasteiger partial charge on any atom is -0.358 e. The normalized spacial score (nSPS) is 12.2. The zero-order valence-corrected chi connectivity index (χ0v) is 12.8. The van der Waals surface area contributed by atoms with E-state index < -0.39 is 0 Å². The van der Waals surface area contributed by atoms with Gasteiger partial charge >= 0.3 is 0 Å². The van der Waals surface area contributed by atoms with Crippen molar-refractivity contribution in [3.8, 4) is 0 Å². The first-order chi connectivity index (χ1) is 9.38. The summed E-state index contributed by atoms with van der Waals surface area (Å²) >= 11 is 0. The van der Waals surface area contributed by atoms with Gasteiger partial charge in [0.2, 0.25) is 5.91 Å². The summed E-state index contributed by atoms with van der Waals surface area (Å²) in [7, 11) is 1.77. The Morgan fingerprint density at radius 3 is 2.45 bits per heavy atom. The van der Waals surface area contributed by atoms with Crippen LogP contribution in [0, 0.1) is 0 Å². The van der Waals surface area contributed by atoms with Crippen LogP contribution in [0.4, 0.5) is 11.6 Å². The second kappa shape index (κ2) is 7.04. The number of nitrogen functional groups attached to an aromatic ring is 1. The number of hydrazine groups is 1. The van der Waals surface area contributed by atoms with E-state index in [1.807, 2.05) is 20.8 Å². The van der Waals surface area contributed by atoms with E-state index in [4.69, 9.17) is 5.84 Å². The van der Waals surface area contributed by atoms with Crippen molar-refractivity contribution in [2.45, 2.75) is 39.7 Å².